The van der Waals surface area contributed by atoms with Crippen molar-refractivity contribution in [3.63, 3.8) is 0 Å². The van der Waals surface area contributed by atoms with E-state index in [0.717, 1.165) is 16.6 Å². The molecule has 0 saturated carbocycles. The summed E-state index contributed by atoms with van der Waals surface area (Å²) in [6.45, 7) is 3.25. The molecule has 1 saturated heterocycles. The average Bonchev–Trinajstić information content (AvgIpc) is 3.28. The minimum atomic E-state index is -0.00692. The van der Waals surface area contributed by atoms with Crippen molar-refractivity contribution in [3.05, 3.63) is 63.6 Å². The Morgan fingerprint density at radius 1 is 1.29 bits per heavy atom. The van der Waals surface area contributed by atoms with Gasteiger partial charge in [0.15, 0.2) is 5.78 Å². The van der Waals surface area contributed by atoms with E-state index in [9.17, 15) is 4.79 Å². The quantitative estimate of drug-likeness (QED) is 0.611. The van der Waals surface area contributed by atoms with Gasteiger partial charge in [-0.3, -0.25) is 4.79 Å². The van der Waals surface area contributed by atoms with E-state index < -0.39 is 0 Å². The Morgan fingerprint density at radius 3 is 2.81 bits per heavy atom. The fourth-order valence-corrected chi connectivity index (χ4v) is 2.56. The van der Waals surface area contributed by atoms with Crippen LogP contribution < -0.4 is 4.74 Å². The summed E-state index contributed by atoms with van der Waals surface area (Å²) >= 11 is 3.43. The molecule has 21 heavy (non-hydrogen) atoms. The zero-order chi connectivity index (χ0) is 14.8. The van der Waals surface area contributed by atoms with E-state index in [1.54, 1.807) is 6.07 Å². The van der Waals surface area contributed by atoms with Gasteiger partial charge in [-0.25, -0.2) is 0 Å². The van der Waals surface area contributed by atoms with Crippen LogP contribution in [0.15, 0.2) is 46.9 Å². The van der Waals surface area contributed by atoms with Crippen LogP contribution in [-0.4, -0.2) is 25.1 Å². The van der Waals surface area contributed by atoms with Gasteiger partial charge in [0.05, 0.1) is 6.61 Å². The topological polar surface area (TPSA) is 38.8 Å². The first-order valence-electron chi connectivity index (χ1n) is 6.78. The minimum absolute atomic E-state index is 0.00692. The van der Waals surface area contributed by atoms with Gasteiger partial charge in [0, 0.05) is 15.6 Å². The molecule has 0 aliphatic carbocycles. The summed E-state index contributed by atoms with van der Waals surface area (Å²) in [7, 11) is 0. The van der Waals surface area contributed by atoms with Crippen molar-refractivity contribution in [3.8, 4) is 5.75 Å². The first-order valence-corrected chi connectivity index (χ1v) is 7.57. The number of carbonyl (C=O) groups is 1. The number of benzene rings is 2. The van der Waals surface area contributed by atoms with Gasteiger partial charge in [0.2, 0.25) is 0 Å². The molecule has 3 rings (SSSR count). The summed E-state index contributed by atoms with van der Waals surface area (Å²) in [6, 6.07) is 13.0. The minimum Gasteiger partial charge on any atom is -0.491 e. The van der Waals surface area contributed by atoms with E-state index in [1.165, 1.54) is 0 Å². The highest BCUT2D eigenvalue weighted by molar-refractivity contribution is 9.10. The molecule has 1 fully saturated rings. The molecular weight excluding hydrogens is 332 g/mol. The molecule has 1 heterocycles. The lowest BCUT2D eigenvalue weighted by Gasteiger charge is -2.08. The number of halogens is 1. The number of rotatable bonds is 5. The number of hydrogen-bond donors (Lipinski definition) is 0. The van der Waals surface area contributed by atoms with E-state index in [0.29, 0.717) is 23.5 Å². The number of carbonyl (C=O) groups excluding carboxylic acids is 1. The van der Waals surface area contributed by atoms with E-state index in [-0.39, 0.29) is 11.9 Å². The van der Waals surface area contributed by atoms with Gasteiger partial charge in [-0.2, -0.15) is 0 Å². The Labute approximate surface area is 132 Å². The third-order valence-electron chi connectivity index (χ3n) is 3.25. The van der Waals surface area contributed by atoms with Crippen molar-refractivity contribution >= 4 is 21.7 Å². The SMILES string of the molecule is Cc1cccc(C(=O)c2cc(Br)cc(OCC3CO3)c2)c1. The molecule has 2 aromatic carbocycles. The van der Waals surface area contributed by atoms with E-state index in [2.05, 4.69) is 15.9 Å². The molecule has 3 nitrogen and oxygen atoms in total. The molecule has 0 spiro atoms. The van der Waals surface area contributed by atoms with Gasteiger partial charge >= 0.3 is 0 Å². The number of aryl methyl sites for hydroxylation is 1. The highest BCUT2D eigenvalue weighted by Crippen LogP contribution is 2.24. The van der Waals surface area contributed by atoms with Gasteiger partial charge in [-0.1, -0.05) is 39.7 Å². The first-order chi connectivity index (χ1) is 10.1. The zero-order valence-electron chi connectivity index (χ0n) is 11.6. The second kappa shape index (κ2) is 6.00. The maximum Gasteiger partial charge on any atom is 0.193 e. The Morgan fingerprint density at radius 2 is 2.10 bits per heavy atom. The maximum absolute atomic E-state index is 12.6. The van der Waals surface area contributed by atoms with Crippen molar-refractivity contribution in [1.82, 2.24) is 0 Å². The summed E-state index contributed by atoms with van der Waals surface area (Å²) in [5.41, 5.74) is 2.37. The standard InChI is InChI=1S/C17H15BrO3/c1-11-3-2-4-12(5-11)17(19)13-6-14(18)8-15(7-13)20-9-16-10-21-16/h2-8,16H,9-10H2,1H3. The number of epoxide rings is 1. The van der Waals surface area contributed by atoms with Crippen LogP contribution in [0.5, 0.6) is 5.75 Å². The molecule has 0 radical (unpaired) electrons. The van der Waals surface area contributed by atoms with Crippen LogP contribution >= 0.6 is 15.9 Å². The summed E-state index contributed by atoms with van der Waals surface area (Å²) < 4.78 is 11.6. The lowest BCUT2D eigenvalue weighted by atomic mass is 10.0. The molecule has 0 aromatic heterocycles. The number of ether oxygens (including phenoxy) is 2. The average molecular weight is 347 g/mol. The largest absolute Gasteiger partial charge is 0.491 e. The van der Waals surface area contributed by atoms with Crippen LogP contribution in [0.25, 0.3) is 0 Å². The van der Waals surface area contributed by atoms with Gasteiger partial charge in [0.1, 0.15) is 18.5 Å². The molecule has 4 heteroatoms. The Kier molecular flexibility index (Phi) is 4.08. The van der Waals surface area contributed by atoms with Crippen LogP contribution in [0.4, 0.5) is 0 Å². The number of hydrogen-bond acceptors (Lipinski definition) is 3. The van der Waals surface area contributed by atoms with E-state index in [1.807, 2.05) is 43.3 Å². The molecule has 1 atom stereocenters. The predicted molar refractivity (Wildman–Crippen MR) is 84.0 cm³/mol. The fourth-order valence-electron chi connectivity index (χ4n) is 2.08. The maximum atomic E-state index is 12.6. The van der Waals surface area contributed by atoms with Crippen LogP contribution in [0, 0.1) is 6.92 Å². The molecule has 0 bridgehead atoms. The van der Waals surface area contributed by atoms with Crippen molar-refractivity contribution in [1.29, 1.82) is 0 Å². The molecule has 1 unspecified atom stereocenters. The van der Waals surface area contributed by atoms with Crippen LogP contribution in [0.3, 0.4) is 0 Å². The summed E-state index contributed by atoms with van der Waals surface area (Å²) in [6.07, 6.45) is 0.194. The van der Waals surface area contributed by atoms with E-state index >= 15 is 0 Å². The third-order valence-corrected chi connectivity index (χ3v) is 3.71. The number of ketones is 1. The second-order valence-corrected chi connectivity index (χ2v) is 6.06. The monoisotopic (exact) mass is 346 g/mol. The van der Waals surface area contributed by atoms with Gasteiger partial charge < -0.3 is 9.47 Å². The van der Waals surface area contributed by atoms with Crippen molar-refractivity contribution in [2.75, 3.05) is 13.2 Å². The molecule has 1 aliphatic rings. The molecule has 0 N–H and O–H groups in total. The van der Waals surface area contributed by atoms with Crippen LogP contribution in [0.2, 0.25) is 0 Å². The Hall–Kier alpha value is -1.65. The molecule has 0 amide bonds. The Bertz CT molecular complexity index is 677. The second-order valence-electron chi connectivity index (χ2n) is 5.14. The molecule has 1 aliphatic heterocycles. The van der Waals surface area contributed by atoms with Crippen LogP contribution in [0.1, 0.15) is 21.5 Å². The van der Waals surface area contributed by atoms with Gasteiger partial charge in [-0.15, -0.1) is 0 Å². The lowest BCUT2D eigenvalue weighted by molar-refractivity contribution is 0.103. The van der Waals surface area contributed by atoms with E-state index in [4.69, 9.17) is 9.47 Å². The van der Waals surface area contributed by atoms with Crippen molar-refractivity contribution in [2.45, 2.75) is 13.0 Å². The highest BCUT2D eigenvalue weighted by atomic mass is 79.9. The zero-order valence-corrected chi connectivity index (χ0v) is 13.2. The normalized spacial score (nSPS) is 16.6. The molecule has 2 aromatic rings. The summed E-state index contributed by atoms with van der Waals surface area (Å²) in [5.74, 6) is 0.670. The smallest absolute Gasteiger partial charge is 0.193 e. The highest BCUT2D eigenvalue weighted by Gasteiger charge is 2.23. The molecule has 108 valence electrons. The summed E-state index contributed by atoms with van der Waals surface area (Å²) in [4.78, 5) is 12.6. The van der Waals surface area contributed by atoms with Crippen LogP contribution in [-0.2, 0) is 4.74 Å². The predicted octanol–water partition coefficient (Wildman–Crippen LogP) is 3.77. The van der Waals surface area contributed by atoms with Crippen molar-refractivity contribution < 1.29 is 14.3 Å². The fraction of sp³-hybridized carbons (Fsp3) is 0.235. The van der Waals surface area contributed by atoms with Gasteiger partial charge in [-0.05, 0) is 31.2 Å². The summed E-state index contributed by atoms with van der Waals surface area (Å²) in [5, 5.41) is 0. The molecular formula is C17H15BrO3. The Balaban J connectivity index is 1.84. The first kappa shape index (κ1) is 14.3. The van der Waals surface area contributed by atoms with Crippen molar-refractivity contribution in [2.24, 2.45) is 0 Å². The lowest BCUT2D eigenvalue weighted by Crippen LogP contribution is -2.06. The third kappa shape index (κ3) is 3.71. The van der Waals surface area contributed by atoms with Gasteiger partial charge in [0.25, 0.3) is 0 Å².